The molecule has 0 atom stereocenters. The van der Waals surface area contributed by atoms with Crippen LogP contribution in [0, 0.1) is 0 Å². The van der Waals surface area contributed by atoms with Gasteiger partial charge in [-0.05, 0) is 153 Å². The Labute approximate surface area is 611 Å². The van der Waals surface area contributed by atoms with Crippen LogP contribution in [0.4, 0.5) is 34.1 Å². The van der Waals surface area contributed by atoms with Crippen LogP contribution < -0.4 is 9.80 Å². The summed E-state index contributed by atoms with van der Waals surface area (Å²) in [5, 5.41) is 10.8. The van der Waals surface area contributed by atoms with E-state index in [4.69, 9.17) is 13.3 Å². The molecule has 0 amide bonds. The number of furan rings is 3. The van der Waals surface area contributed by atoms with Crippen molar-refractivity contribution in [2.24, 2.45) is 0 Å². The first kappa shape index (κ1) is 58.6. The Morgan fingerprint density at radius 1 is 0.219 bits per heavy atom. The maximum Gasteiger partial charge on any atom is 0.137 e. The van der Waals surface area contributed by atoms with Crippen molar-refractivity contribution >= 4 is 163 Å². The van der Waals surface area contributed by atoms with Crippen molar-refractivity contribution in [3.63, 3.8) is 0 Å². The number of thiophene rings is 2. The minimum Gasteiger partial charge on any atom is -0.456 e. The van der Waals surface area contributed by atoms with E-state index in [-0.39, 0.29) is 0 Å². The molecule has 23 rings (SSSR count). The molecule has 0 unspecified atom stereocenters. The number of nitrogens with zero attached hydrogens (tertiary/aromatic N) is 2. The third-order valence-electron chi connectivity index (χ3n) is 22.8. The second-order valence-corrected chi connectivity index (χ2v) is 30.1. The van der Waals surface area contributed by atoms with Gasteiger partial charge < -0.3 is 23.1 Å². The van der Waals surface area contributed by atoms with Crippen LogP contribution in [0.15, 0.2) is 365 Å². The Morgan fingerprint density at radius 3 is 0.924 bits per heavy atom. The molecule has 21 aromatic rings. The summed E-state index contributed by atoms with van der Waals surface area (Å²) in [6.45, 7) is 0. The van der Waals surface area contributed by atoms with Gasteiger partial charge in [0.15, 0.2) is 0 Å². The highest BCUT2D eigenvalue weighted by Crippen LogP contribution is 2.63. The Bertz CT molecular complexity index is 6680. The van der Waals surface area contributed by atoms with Crippen LogP contribution in [0.1, 0.15) is 44.5 Å². The molecule has 105 heavy (non-hydrogen) atoms. The quantitative estimate of drug-likeness (QED) is 0.137. The zero-order valence-corrected chi connectivity index (χ0v) is 58.1. The minimum atomic E-state index is -0.585. The van der Waals surface area contributed by atoms with Gasteiger partial charge in [0.05, 0.1) is 33.6 Å². The van der Waals surface area contributed by atoms with Crippen LogP contribution in [-0.4, -0.2) is 0 Å². The van der Waals surface area contributed by atoms with Crippen LogP contribution in [0.25, 0.3) is 128 Å². The van der Waals surface area contributed by atoms with E-state index < -0.39 is 10.8 Å². The number of anilines is 6. The number of hydrogen-bond donors (Lipinski definition) is 0. The number of benzene rings is 16. The summed E-state index contributed by atoms with van der Waals surface area (Å²) < 4.78 is 26.3. The largest absolute Gasteiger partial charge is 0.456 e. The zero-order valence-electron chi connectivity index (χ0n) is 56.4. The molecule has 0 aliphatic heterocycles. The topological polar surface area (TPSA) is 45.9 Å². The second kappa shape index (κ2) is 22.2. The van der Waals surface area contributed by atoms with Crippen molar-refractivity contribution in [1.82, 2.24) is 0 Å². The third-order valence-corrected chi connectivity index (χ3v) is 25.1. The molecule has 2 aliphatic carbocycles. The number of rotatable bonds is 10. The van der Waals surface area contributed by atoms with Gasteiger partial charge in [-0.3, -0.25) is 0 Å². The monoisotopic (exact) mass is 1370 g/mol. The molecule has 0 spiro atoms. The van der Waals surface area contributed by atoms with Crippen LogP contribution in [0.5, 0.6) is 0 Å². The lowest BCUT2D eigenvalue weighted by atomic mass is 9.68. The Morgan fingerprint density at radius 2 is 0.524 bits per heavy atom. The highest BCUT2D eigenvalue weighted by atomic mass is 32.1. The molecule has 0 saturated carbocycles. The standard InChI is InChI=1S/C98H58N2O3S2/c1-5-25-59(26-6-1)97(60-27-7-2-8-28-60)75-37-17-13-33-67(75)93-77(97)39-21-41-79(93)99(81-43-23-47-91-95(81)69-35-15-19-45-89(69)104-91)63-49-51-65-71-55-87-73(57-85(71)101-83(65)53-63)74-58-86-72(56-88(74)103-87)66-52-50-64(54-84(66)102-86)100(82-44-24-48-92-96(82)70-36-16-20-46-90(70)105-92)80-42-22-40-78-94(80)68-34-14-18-38-76(68)98(78,61-29-9-3-10-30-61)62-31-11-4-12-32-62/h1-58H. The molecule has 0 radical (unpaired) electrons. The summed E-state index contributed by atoms with van der Waals surface area (Å²) in [6, 6.07) is 130. The molecule has 490 valence electrons. The molecule has 0 bridgehead atoms. The molecule has 0 fully saturated rings. The fourth-order valence-electron chi connectivity index (χ4n) is 18.6. The van der Waals surface area contributed by atoms with Gasteiger partial charge in [-0.2, -0.15) is 0 Å². The number of fused-ring (bicyclic) bond motifs is 21. The van der Waals surface area contributed by atoms with Crippen molar-refractivity contribution in [2.45, 2.75) is 10.8 Å². The fourth-order valence-corrected chi connectivity index (χ4v) is 20.8. The molecular weight excluding hydrogens is 1320 g/mol. The second-order valence-electron chi connectivity index (χ2n) is 28.0. The molecule has 5 nitrogen and oxygen atoms in total. The molecular formula is C98H58N2O3S2. The lowest BCUT2D eigenvalue weighted by Crippen LogP contribution is -2.28. The van der Waals surface area contributed by atoms with Crippen molar-refractivity contribution in [2.75, 3.05) is 9.80 Å². The highest BCUT2D eigenvalue weighted by molar-refractivity contribution is 7.26. The molecule has 5 aromatic heterocycles. The molecule has 16 aromatic carbocycles. The Balaban J connectivity index is 0.685. The van der Waals surface area contributed by atoms with Crippen LogP contribution in [-0.2, 0) is 10.8 Å². The van der Waals surface area contributed by atoms with Crippen molar-refractivity contribution < 1.29 is 13.3 Å². The summed E-state index contributed by atoms with van der Waals surface area (Å²) in [6.07, 6.45) is 0. The molecule has 5 heterocycles. The van der Waals surface area contributed by atoms with E-state index in [0.29, 0.717) is 0 Å². The van der Waals surface area contributed by atoms with Gasteiger partial charge in [0.25, 0.3) is 0 Å². The maximum absolute atomic E-state index is 7.18. The van der Waals surface area contributed by atoms with E-state index >= 15 is 0 Å². The summed E-state index contributed by atoms with van der Waals surface area (Å²) in [7, 11) is 0. The maximum atomic E-state index is 7.18. The van der Waals surface area contributed by atoms with Crippen LogP contribution in [0.2, 0.25) is 0 Å². The lowest BCUT2D eigenvalue weighted by Gasteiger charge is -2.34. The lowest BCUT2D eigenvalue weighted by molar-refractivity contribution is 0.662. The van der Waals surface area contributed by atoms with E-state index in [1.54, 1.807) is 0 Å². The highest BCUT2D eigenvalue weighted by Gasteiger charge is 2.49. The van der Waals surface area contributed by atoms with Crippen molar-refractivity contribution in [1.29, 1.82) is 0 Å². The van der Waals surface area contributed by atoms with E-state index in [1.165, 1.54) is 107 Å². The van der Waals surface area contributed by atoms with Gasteiger partial charge >= 0.3 is 0 Å². The van der Waals surface area contributed by atoms with E-state index in [1.807, 2.05) is 22.7 Å². The van der Waals surface area contributed by atoms with Crippen LogP contribution in [0.3, 0.4) is 0 Å². The summed E-state index contributed by atoms with van der Waals surface area (Å²) in [5.41, 5.74) is 24.6. The van der Waals surface area contributed by atoms with E-state index in [0.717, 1.165) is 99.9 Å². The van der Waals surface area contributed by atoms with Gasteiger partial charge in [0, 0.05) is 107 Å². The van der Waals surface area contributed by atoms with E-state index in [9.17, 15) is 0 Å². The van der Waals surface area contributed by atoms with Gasteiger partial charge in [-0.1, -0.05) is 243 Å². The van der Waals surface area contributed by atoms with Crippen molar-refractivity contribution in [3.05, 3.63) is 396 Å². The summed E-state index contributed by atoms with van der Waals surface area (Å²) in [4.78, 5) is 4.99. The third kappa shape index (κ3) is 8.16. The molecule has 0 N–H and O–H groups in total. The summed E-state index contributed by atoms with van der Waals surface area (Å²) in [5.74, 6) is 0. The predicted octanol–water partition coefficient (Wildman–Crippen LogP) is 27.8. The average molecular weight is 1380 g/mol. The van der Waals surface area contributed by atoms with Gasteiger partial charge in [-0.15, -0.1) is 22.7 Å². The minimum absolute atomic E-state index is 0.585. The molecule has 0 saturated heterocycles. The normalized spacial score (nSPS) is 13.5. The van der Waals surface area contributed by atoms with Crippen LogP contribution >= 0.6 is 22.7 Å². The Kier molecular flexibility index (Phi) is 12.4. The SMILES string of the molecule is c1ccc(C2(c3ccccc3)c3ccccc3-c3c(N(c4ccc5c(c4)oc4cc6c(cc45)oc4cc5c(cc46)oc4cc(N(c6cccc7c6-c6ccccc6C7(c6ccccc6)c6ccccc6)c6cccc7sc8ccccc8c67)ccc45)c4cccc5sc6ccccc6c45)cccc32)cc1. The zero-order chi connectivity index (χ0) is 68.6. The summed E-state index contributed by atoms with van der Waals surface area (Å²) >= 11 is 3.68. The predicted molar refractivity (Wildman–Crippen MR) is 438 cm³/mol. The smallest absolute Gasteiger partial charge is 0.137 e. The first-order valence-electron chi connectivity index (χ1n) is 35.8. The van der Waals surface area contributed by atoms with Crippen molar-refractivity contribution in [3.8, 4) is 22.3 Å². The molecule has 2 aliphatic rings. The van der Waals surface area contributed by atoms with E-state index in [2.05, 4.69) is 362 Å². The molecule has 7 heteroatoms. The number of hydrogen-bond acceptors (Lipinski definition) is 7. The first-order valence-corrected chi connectivity index (χ1v) is 37.5. The van der Waals surface area contributed by atoms with Gasteiger partial charge in [0.2, 0.25) is 0 Å². The fraction of sp³-hybridized carbons (Fsp3) is 0.0204. The average Bonchev–Trinajstić information content (AvgIpc) is 1.45. The Hall–Kier alpha value is -13.0. The van der Waals surface area contributed by atoms with Gasteiger partial charge in [0.1, 0.15) is 33.5 Å². The van der Waals surface area contributed by atoms with Gasteiger partial charge in [-0.25, -0.2) is 0 Å². The first-order chi connectivity index (χ1) is 52.1.